The van der Waals surface area contributed by atoms with Crippen molar-refractivity contribution in [2.24, 2.45) is 11.4 Å². The summed E-state index contributed by atoms with van der Waals surface area (Å²) in [6, 6.07) is 7.41. The summed E-state index contributed by atoms with van der Waals surface area (Å²) in [6.45, 7) is 0. The minimum Gasteiger partial charge on any atom is -0.354 e. The Hall–Kier alpha value is -1.40. The molecule has 6 heteroatoms. The Kier molecular flexibility index (Phi) is 3.75. The average molecular weight is 268 g/mol. The zero-order valence-electron chi connectivity index (χ0n) is 9.28. The highest BCUT2D eigenvalue weighted by molar-refractivity contribution is 7.61. The molecule has 0 spiro atoms. The number of hydrogen-bond acceptors (Lipinski definition) is 4. The highest BCUT2D eigenvalue weighted by atomic mass is 32.2. The Morgan fingerprint density at radius 1 is 1.41 bits per heavy atom. The van der Waals surface area contributed by atoms with Crippen LogP contribution in [0.2, 0.25) is 0 Å². The molecule has 0 radical (unpaired) electrons. The van der Waals surface area contributed by atoms with E-state index in [0.29, 0.717) is 6.42 Å². The second-order valence-electron chi connectivity index (χ2n) is 3.67. The Morgan fingerprint density at radius 2 is 2.24 bits per heavy atom. The van der Waals surface area contributed by atoms with Crippen LogP contribution >= 0.6 is 11.3 Å². The van der Waals surface area contributed by atoms with Gasteiger partial charge in [0, 0.05) is 30.2 Å². The van der Waals surface area contributed by atoms with Gasteiger partial charge in [0.2, 0.25) is 0 Å². The van der Waals surface area contributed by atoms with E-state index in [1.165, 1.54) is 11.3 Å². The summed E-state index contributed by atoms with van der Waals surface area (Å²) in [5.41, 5.74) is 1.07. The van der Waals surface area contributed by atoms with E-state index in [2.05, 4.69) is 4.36 Å². The molecule has 1 unspecified atom stereocenters. The standard InChI is InChI=1S/C11H12N2O2S2/c1-13-6-2-4-9(13)8-10(12-17(14)15)11-5-3-7-16-11/h2-7,10H,8H2,1H3. The summed E-state index contributed by atoms with van der Waals surface area (Å²) in [5.74, 6) is 0. The number of rotatable bonds is 4. The smallest absolute Gasteiger partial charge is 0.311 e. The third-order valence-corrected chi connectivity index (χ3v) is 3.94. The molecule has 0 bridgehead atoms. The lowest BCUT2D eigenvalue weighted by Gasteiger charge is -2.09. The third-order valence-electron chi connectivity index (χ3n) is 2.54. The molecular formula is C11H12N2O2S2. The second-order valence-corrected chi connectivity index (χ2v) is 5.29. The van der Waals surface area contributed by atoms with Gasteiger partial charge >= 0.3 is 10.5 Å². The molecule has 0 N–H and O–H groups in total. The van der Waals surface area contributed by atoms with Crippen LogP contribution in [0.1, 0.15) is 16.6 Å². The van der Waals surface area contributed by atoms with Crippen LogP contribution in [0, 0.1) is 0 Å². The van der Waals surface area contributed by atoms with Crippen molar-refractivity contribution >= 4 is 21.8 Å². The lowest BCUT2D eigenvalue weighted by Crippen LogP contribution is -2.02. The first-order valence-corrected chi connectivity index (χ1v) is 7.02. The van der Waals surface area contributed by atoms with Gasteiger partial charge in [0.1, 0.15) is 6.04 Å². The van der Waals surface area contributed by atoms with E-state index in [0.717, 1.165) is 10.6 Å². The van der Waals surface area contributed by atoms with E-state index in [9.17, 15) is 8.42 Å². The van der Waals surface area contributed by atoms with Crippen molar-refractivity contribution in [1.29, 1.82) is 0 Å². The quantitative estimate of drug-likeness (QED) is 0.855. The topological polar surface area (TPSA) is 51.4 Å². The predicted molar refractivity (Wildman–Crippen MR) is 67.5 cm³/mol. The van der Waals surface area contributed by atoms with Crippen LogP contribution in [0.3, 0.4) is 0 Å². The maximum absolute atomic E-state index is 10.7. The van der Waals surface area contributed by atoms with Gasteiger partial charge in [-0.15, -0.1) is 11.3 Å². The fourth-order valence-electron chi connectivity index (χ4n) is 1.68. The van der Waals surface area contributed by atoms with Crippen molar-refractivity contribution in [1.82, 2.24) is 4.57 Å². The van der Waals surface area contributed by atoms with Crippen molar-refractivity contribution in [2.75, 3.05) is 0 Å². The molecule has 0 saturated heterocycles. The normalized spacial score (nSPS) is 12.3. The first kappa shape index (κ1) is 12.1. The number of hydrogen-bond donors (Lipinski definition) is 0. The van der Waals surface area contributed by atoms with Gasteiger partial charge in [-0.2, -0.15) is 12.8 Å². The SMILES string of the molecule is Cn1cccc1CC(N=S(=O)=O)c1cccs1. The molecule has 0 aliphatic heterocycles. The molecule has 2 heterocycles. The van der Waals surface area contributed by atoms with Gasteiger partial charge in [-0.3, -0.25) is 0 Å². The largest absolute Gasteiger partial charge is 0.354 e. The van der Waals surface area contributed by atoms with Crippen LogP contribution in [0.5, 0.6) is 0 Å². The van der Waals surface area contributed by atoms with Gasteiger partial charge in [0.25, 0.3) is 0 Å². The summed E-state index contributed by atoms with van der Waals surface area (Å²) in [5, 5.41) is 1.93. The van der Waals surface area contributed by atoms with Crippen molar-refractivity contribution in [3.8, 4) is 0 Å². The molecular weight excluding hydrogens is 256 g/mol. The van der Waals surface area contributed by atoms with E-state index >= 15 is 0 Å². The average Bonchev–Trinajstić information content (AvgIpc) is 2.89. The van der Waals surface area contributed by atoms with E-state index in [1.54, 1.807) is 0 Å². The van der Waals surface area contributed by atoms with Crippen LogP contribution in [-0.2, 0) is 24.0 Å². The van der Waals surface area contributed by atoms with E-state index in [1.807, 2.05) is 47.5 Å². The molecule has 17 heavy (non-hydrogen) atoms. The summed E-state index contributed by atoms with van der Waals surface area (Å²) in [6.07, 6.45) is 2.53. The first-order valence-electron chi connectivity index (χ1n) is 5.10. The highest BCUT2D eigenvalue weighted by Crippen LogP contribution is 2.26. The van der Waals surface area contributed by atoms with Crippen LogP contribution in [0.4, 0.5) is 0 Å². The maximum atomic E-state index is 10.7. The molecule has 2 aromatic rings. The third kappa shape index (κ3) is 3.04. The minimum atomic E-state index is -2.38. The number of nitrogens with zero attached hydrogens (tertiary/aromatic N) is 2. The molecule has 0 saturated carbocycles. The number of thiophene rings is 1. The predicted octanol–water partition coefficient (Wildman–Crippen LogP) is 2.43. The lowest BCUT2D eigenvalue weighted by atomic mass is 10.1. The second kappa shape index (κ2) is 5.29. The number of aryl methyl sites for hydroxylation is 1. The molecule has 4 nitrogen and oxygen atoms in total. The monoisotopic (exact) mass is 268 g/mol. The maximum Gasteiger partial charge on any atom is 0.311 e. The van der Waals surface area contributed by atoms with Gasteiger partial charge < -0.3 is 4.57 Å². The fourth-order valence-corrected chi connectivity index (χ4v) is 2.91. The summed E-state index contributed by atoms with van der Waals surface area (Å²) in [4.78, 5) is 0.968. The first-order chi connectivity index (χ1) is 8.16. The van der Waals surface area contributed by atoms with Crippen LogP contribution in [0.15, 0.2) is 40.2 Å². The van der Waals surface area contributed by atoms with Crippen LogP contribution in [0.25, 0.3) is 0 Å². The van der Waals surface area contributed by atoms with Crippen LogP contribution in [-0.4, -0.2) is 13.0 Å². The van der Waals surface area contributed by atoms with Crippen molar-refractivity contribution in [2.45, 2.75) is 12.5 Å². The molecule has 0 amide bonds. The summed E-state index contributed by atoms with van der Waals surface area (Å²) < 4.78 is 27.2. The Balaban J connectivity index is 2.30. The van der Waals surface area contributed by atoms with E-state index < -0.39 is 10.5 Å². The molecule has 0 fully saturated rings. The molecule has 2 rings (SSSR count). The molecule has 0 aliphatic carbocycles. The van der Waals surface area contributed by atoms with E-state index in [4.69, 9.17) is 0 Å². The molecule has 1 atom stereocenters. The van der Waals surface area contributed by atoms with E-state index in [-0.39, 0.29) is 6.04 Å². The van der Waals surface area contributed by atoms with Crippen molar-refractivity contribution < 1.29 is 8.42 Å². The highest BCUT2D eigenvalue weighted by Gasteiger charge is 2.14. The van der Waals surface area contributed by atoms with Gasteiger partial charge in [-0.25, -0.2) is 0 Å². The van der Waals surface area contributed by atoms with Crippen molar-refractivity contribution in [3.63, 3.8) is 0 Å². The minimum absolute atomic E-state index is 0.318. The molecule has 0 aromatic carbocycles. The molecule has 2 aromatic heterocycles. The molecule has 0 aliphatic rings. The van der Waals surface area contributed by atoms with Crippen LogP contribution < -0.4 is 0 Å². The summed E-state index contributed by atoms with van der Waals surface area (Å²) >= 11 is 1.52. The van der Waals surface area contributed by atoms with Gasteiger partial charge in [0.05, 0.1) is 0 Å². The Labute approximate surface area is 105 Å². The van der Waals surface area contributed by atoms with Gasteiger partial charge in [0.15, 0.2) is 0 Å². The summed E-state index contributed by atoms with van der Waals surface area (Å²) in [7, 11) is -0.437. The lowest BCUT2D eigenvalue weighted by molar-refractivity contribution is 0.610. The Morgan fingerprint density at radius 3 is 2.76 bits per heavy atom. The molecule has 90 valence electrons. The zero-order chi connectivity index (χ0) is 12.3. The van der Waals surface area contributed by atoms with Gasteiger partial charge in [-0.05, 0) is 23.6 Å². The van der Waals surface area contributed by atoms with Gasteiger partial charge in [-0.1, -0.05) is 6.07 Å². The Bertz CT molecular complexity index is 604. The van der Waals surface area contributed by atoms with Crippen molar-refractivity contribution in [3.05, 3.63) is 46.4 Å². The zero-order valence-corrected chi connectivity index (χ0v) is 10.9. The number of aromatic nitrogens is 1. The fraction of sp³-hybridized carbons (Fsp3) is 0.273.